The van der Waals surface area contributed by atoms with Gasteiger partial charge in [-0.2, -0.15) is 0 Å². The fourth-order valence-corrected chi connectivity index (χ4v) is 5.20. The molecule has 0 N–H and O–H groups in total. The molecule has 0 atom stereocenters. The summed E-state index contributed by atoms with van der Waals surface area (Å²) in [5, 5.41) is 0. The number of rotatable bonds is 2. The van der Waals surface area contributed by atoms with E-state index >= 15 is 0 Å². The van der Waals surface area contributed by atoms with Gasteiger partial charge in [0.05, 0.1) is 0 Å². The molecule has 36 valence electrons. The first-order chi connectivity index (χ1) is 2.77. The zero-order chi connectivity index (χ0) is 4.99. The van der Waals surface area contributed by atoms with E-state index in [1.165, 1.54) is 4.31 Å². The van der Waals surface area contributed by atoms with Crippen LogP contribution in [0, 0.1) is 0 Å². The van der Waals surface area contributed by atoms with Crippen LogP contribution in [0.5, 0.6) is 0 Å². The van der Waals surface area contributed by atoms with Gasteiger partial charge in [-0.1, -0.05) is 0 Å². The van der Waals surface area contributed by atoms with Crippen molar-refractivity contribution in [1.82, 2.24) is 0 Å². The van der Waals surface area contributed by atoms with Crippen molar-refractivity contribution in [1.29, 1.82) is 0 Å². The predicted molar refractivity (Wildman–Crippen MR) is 35.9 cm³/mol. The van der Waals surface area contributed by atoms with Crippen LogP contribution in [0.15, 0.2) is 0 Å². The second kappa shape index (κ2) is 4.15. The first kappa shape index (κ1) is 6.99. The first-order valence-electron chi connectivity index (χ1n) is 2.26. The van der Waals surface area contributed by atoms with Gasteiger partial charge in [-0.05, 0) is 0 Å². The van der Waals surface area contributed by atoms with Crippen LogP contribution >= 0.6 is 11.8 Å². The van der Waals surface area contributed by atoms with Crippen LogP contribution in [-0.4, -0.2) is 26.8 Å². The van der Waals surface area contributed by atoms with E-state index in [0.29, 0.717) is 0 Å². The van der Waals surface area contributed by atoms with Gasteiger partial charge in [0, 0.05) is 0 Å². The van der Waals surface area contributed by atoms with E-state index in [-0.39, 0.29) is 0 Å². The average molecular weight is 161 g/mol. The van der Waals surface area contributed by atoms with Gasteiger partial charge in [0.25, 0.3) is 0 Å². The molecule has 6 heavy (non-hydrogen) atoms. The Hall–Kier alpha value is 0.986. The Morgan fingerprint density at radius 3 is 2.00 bits per heavy atom. The molecule has 0 fully saturated rings. The fraction of sp³-hybridized carbons (Fsp3) is 1.00. The number of thioether (sulfide) groups is 1. The molecular formula is C4H11GaS. The molecule has 0 spiro atoms. The molecule has 0 radical (unpaired) electrons. The van der Waals surface area contributed by atoms with E-state index < -0.39 is 16.2 Å². The standard InChI is InChI=1S/C2H5S.2CH3.Ga/c1-3-2;;;/h1H2,2H3;2*1H3;. The molecule has 0 heterocycles. The molecule has 0 bridgehead atoms. The van der Waals surface area contributed by atoms with Crippen molar-refractivity contribution in [3.05, 3.63) is 0 Å². The zero-order valence-corrected chi connectivity index (χ0v) is 7.93. The van der Waals surface area contributed by atoms with Crippen LogP contribution in [0.1, 0.15) is 0 Å². The Kier molecular flexibility index (Phi) is 4.84. The molecule has 0 aromatic carbocycles. The van der Waals surface area contributed by atoms with Gasteiger partial charge in [0.2, 0.25) is 0 Å². The van der Waals surface area contributed by atoms with Crippen LogP contribution in [0.3, 0.4) is 0 Å². The summed E-state index contributed by atoms with van der Waals surface area (Å²) in [6, 6.07) is 0. The molecule has 0 aliphatic rings. The third-order valence-electron chi connectivity index (χ3n) is 0.500. The van der Waals surface area contributed by atoms with Gasteiger partial charge in [0.1, 0.15) is 0 Å². The fourth-order valence-electron chi connectivity index (χ4n) is 0.333. The SMILES string of the molecule is CS[CH2][Ga]([CH3])[CH3]. The molecule has 0 unspecified atom stereocenters. The van der Waals surface area contributed by atoms with Crippen LogP contribution in [0.4, 0.5) is 0 Å². The van der Waals surface area contributed by atoms with Crippen LogP contribution < -0.4 is 0 Å². The number of hydrogen-bond acceptors (Lipinski definition) is 1. The summed E-state index contributed by atoms with van der Waals surface area (Å²) in [7, 11) is 0. The second-order valence-corrected chi connectivity index (χ2v) is 10.7. The Balaban J connectivity index is 2.63. The van der Waals surface area contributed by atoms with Gasteiger partial charge >= 0.3 is 49.5 Å². The zero-order valence-electron chi connectivity index (χ0n) is 4.69. The van der Waals surface area contributed by atoms with E-state index in [2.05, 4.69) is 17.2 Å². The van der Waals surface area contributed by atoms with Crippen molar-refractivity contribution >= 4 is 28.0 Å². The minimum absolute atomic E-state index is 0.582. The first-order valence-corrected chi connectivity index (χ1v) is 10.2. The Morgan fingerprint density at radius 2 is 2.00 bits per heavy atom. The van der Waals surface area contributed by atoms with Crippen molar-refractivity contribution < 1.29 is 0 Å². The topological polar surface area (TPSA) is 0 Å². The summed E-state index contributed by atoms with van der Waals surface area (Å²) < 4.78 is 1.48. The van der Waals surface area contributed by atoms with E-state index in [4.69, 9.17) is 0 Å². The molecular weight excluding hydrogens is 150 g/mol. The van der Waals surface area contributed by atoms with Crippen LogP contribution in [-0.2, 0) is 0 Å². The summed E-state index contributed by atoms with van der Waals surface area (Å²) >= 11 is 1.41. The quantitative estimate of drug-likeness (QED) is 0.554. The molecule has 2 heteroatoms. The maximum atomic E-state index is 2.42. The molecule has 0 aliphatic carbocycles. The Bertz CT molecular complexity index is 28.7. The van der Waals surface area contributed by atoms with Gasteiger partial charge < -0.3 is 0 Å². The third kappa shape index (κ3) is 4.99. The molecule has 0 nitrogen and oxygen atoms in total. The van der Waals surface area contributed by atoms with Gasteiger partial charge in [0.15, 0.2) is 0 Å². The van der Waals surface area contributed by atoms with Gasteiger partial charge in [-0.25, -0.2) is 0 Å². The Morgan fingerprint density at radius 1 is 1.50 bits per heavy atom. The maximum absolute atomic E-state index is 2.42. The van der Waals surface area contributed by atoms with E-state index in [1.807, 2.05) is 11.8 Å². The summed E-state index contributed by atoms with van der Waals surface area (Å²) in [6.07, 6.45) is 2.19. The molecule has 0 rings (SSSR count). The summed E-state index contributed by atoms with van der Waals surface area (Å²) in [4.78, 5) is 0. The molecule has 0 aromatic heterocycles. The monoisotopic (exact) mass is 160 g/mol. The van der Waals surface area contributed by atoms with Gasteiger partial charge in [-0.15, -0.1) is 0 Å². The molecule has 0 saturated carbocycles. The van der Waals surface area contributed by atoms with E-state index in [1.54, 1.807) is 0 Å². The number of hydrogen-bond donors (Lipinski definition) is 0. The molecule has 0 saturated heterocycles. The summed E-state index contributed by atoms with van der Waals surface area (Å²) in [5.41, 5.74) is 4.84. The molecule has 0 aromatic rings. The normalized spacial score (nSPS) is 8.50. The minimum atomic E-state index is -0.582. The van der Waals surface area contributed by atoms with Crippen LogP contribution in [0.2, 0.25) is 11.0 Å². The predicted octanol–water partition coefficient (Wildman–Crippen LogP) is 1.64. The molecule has 0 aliphatic heterocycles. The van der Waals surface area contributed by atoms with Crippen molar-refractivity contribution in [2.24, 2.45) is 0 Å². The van der Waals surface area contributed by atoms with E-state index in [0.717, 1.165) is 0 Å². The third-order valence-corrected chi connectivity index (χ3v) is 7.79. The van der Waals surface area contributed by atoms with Crippen molar-refractivity contribution in [3.63, 3.8) is 0 Å². The average Bonchev–Trinajstić information content (AvgIpc) is 1.35. The van der Waals surface area contributed by atoms with Gasteiger partial charge in [-0.3, -0.25) is 0 Å². The Labute approximate surface area is 49.7 Å². The van der Waals surface area contributed by atoms with Crippen molar-refractivity contribution in [2.45, 2.75) is 11.0 Å². The van der Waals surface area contributed by atoms with Crippen molar-refractivity contribution in [3.8, 4) is 0 Å². The second-order valence-electron chi connectivity index (χ2n) is 1.85. The van der Waals surface area contributed by atoms with E-state index in [9.17, 15) is 0 Å². The summed E-state index contributed by atoms with van der Waals surface area (Å²) in [5.74, 6) is 0. The summed E-state index contributed by atoms with van der Waals surface area (Å²) in [6.45, 7) is 0. The molecule has 0 amide bonds. The van der Waals surface area contributed by atoms with Crippen molar-refractivity contribution in [2.75, 3.05) is 10.6 Å². The van der Waals surface area contributed by atoms with Crippen LogP contribution in [0.25, 0.3) is 0 Å².